The van der Waals surface area contributed by atoms with Gasteiger partial charge in [0.25, 0.3) is 11.7 Å². The van der Waals surface area contributed by atoms with E-state index in [2.05, 4.69) is 0 Å². The molecule has 33 heavy (non-hydrogen) atoms. The molecular weight excluding hydrogens is 441 g/mol. The standard InChI is InChI=1S/C26H24FNO4S/c1-2-15-32-20-11-7-18(8-12-20)24(29)22-23(21-4-3-16-33-21)28(26(31)25(22)30)14-13-17-5-9-19(27)10-6-17/h3-12,16,23,29H,2,13-15H2,1H3/b24-22-. The zero-order chi connectivity index (χ0) is 23.4. The summed E-state index contributed by atoms with van der Waals surface area (Å²) in [6.07, 6.45) is 1.34. The van der Waals surface area contributed by atoms with Gasteiger partial charge in [-0.05, 0) is 66.2 Å². The van der Waals surface area contributed by atoms with E-state index in [1.54, 1.807) is 36.4 Å². The Morgan fingerprint density at radius 2 is 1.82 bits per heavy atom. The highest BCUT2D eigenvalue weighted by Crippen LogP contribution is 2.41. The number of amides is 1. The van der Waals surface area contributed by atoms with Crippen molar-refractivity contribution in [2.24, 2.45) is 0 Å². The van der Waals surface area contributed by atoms with E-state index in [0.717, 1.165) is 16.9 Å². The number of aliphatic hydroxyl groups is 1. The average Bonchev–Trinajstić information content (AvgIpc) is 3.44. The summed E-state index contributed by atoms with van der Waals surface area (Å²) >= 11 is 1.42. The SMILES string of the molecule is CCCOc1ccc(/C(O)=C2/C(=O)C(=O)N(CCc3ccc(F)cc3)C2c2cccs2)cc1. The van der Waals surface area contributed by atoms with Crippen LogP contribution in [0.15, 0.2) is 71.6 Å². The van der Waals surface area contributed by atoms with Crippen molar-refractivity contribution in [2.75, 3.05) is 13.2 Å². The fraction of sp³-hybridized carbons (Fsp3) is 0.231. The number of hydrogen-bond acceptors (Lipinski definition) is 5. The molecule has 170 valence electrons. The molecule has 1 aliphatic rings. The molecule has 2 heterocycles. The van der Waals surface area contributed by atoms with Crippen molar-refractivity contribution in [1.82, 2.24) is 4.90 Å². The van der Waals surface area contributed by atoms with Gasteiger partial charge in [0, 0.05) is 17.0 Å². The summed E-state index contributed by atoms with van der Waals surface area (Å²) in [5.74, 6) is -1.24. The van der Waals surface area contributed by atoms with Crippen molar-refractivity contribution < 1.29 is 23.8 Å². The summed E-state index contributed by atoms with van der Waals surface area (Å²) in [5, 5.41) is 13.0. The first-order valence-corrected chi connectivity index (χ1v) is 11.7. The Labute approximate surface area is 195 Å². The Morgan fingerprint density at radius 1 is 1.09 bits per heavy atom. The van der Waals surface area contributed by atoms with E-state index in [1.807, 2.05) is 24.4 Å². The summed E-state index contributed by atoms with van der Waals surface area (Å²) in [7, 11) is 0. The number of Topliss-reactive ketones (excluding diaryl/α,β-unsaturated/α-hetero) is 1. The van der Waals surface area contributed by atoms with E-state index in [4.69, 9.17) is 4.74 Å². The number of thiophene rings is 1. The van der Waals surface area contributed by atoms with Crippen molar-refractivity contribution >= 4 is 28.8 Å². The lowest BCUT2D eigenvalue weighted by atomic mass is 9.99. The highest BCUT2D eigenvalue weighted by molar-refractivity contribution is 7.10. The van der Waals surface area contributed by atoms with Crippen molar-refractivity contribution in [3.8, 4) is 5.75 Å². The van der Waals surface area contributed by atoms with Crippen LogP contribution in [-0.4, -0.2) is 34.8 Å². The van der Waals surface area contributed by atoms with Gasteiger partial charge in [-0.25, -0.2) is 4.39 Å². The number of hydrogen-bond donors (Lipinski definition) is 1. The van der Waals surface area contributed by atoms with Crippen LogP contribution in [0, 0.1) is 5.82 Å². The summed E-state index contributed by atoms with van der Waals surface area (Å²) < 4.78 is 18.8. The van der Waals surface area contributed by atoms with Crippen LogP contribution in [0.2, 0.25) is 0 Å². The zero-order valence-electron chi connectivity index (χ0n) is 18.2. The largest absolute Gasteiger partial charge is 0.507 e. The molecule has 1 atom stereocenters. The summed E-state index contributed by atoms with van der Waals surface area (Å²) in [5.41, 5.74) is 1.37. The fourth-order valence-electron chi connectivity index (χ4n) is 3.84. The van der Waals surface area contributed by atoms with E-state index in [1.165, 1.54) is 28.4 Å². The number of nitrogens with zero attached hydrogens (tertiary/aromatic N) is 1. The lowest BCUT2D eigenvalue weighted by Gasteiger charge is -2.24. The van der Waals surface area contributed by atoms with Crippen LogP contribution >= 0.6 is 11.3 Å². The molecular formula is C26H24FNO4S. The van der Waals surface area contributed by atoms with E-state index in [-0.39, 0.29) is 23.7 Å². The Morgan fingerprint density at radius 3 is 2.45 bits per heavy atom. The zero-order valence-corrected chi connectivity index (χ0v) is 19.0. The first kappa shape index (κ1) is 22.7. The maximum absolute atomic E-state index is 13.2. The summed E-state index contributed by atoms with van der Waals surface area (Å²) in [6.45, 7) is 2.86. The van der Waals surface area contributed by atoms with Gasteiger partial charge in [0.2, 0.25) is 0 Å². The van der Waals surface area contributed by atoms with Gasteiger partial charge in [-0.1, -0.05) is 25.1 Å². The molecule has 4 rings (SSSR count). The van der Waals surface area contributed by atoms with E-state index in [9.17, 15) is 19.1 Å². The normalized spacial score (nSPS) is 17.5. The Hall–Kier alpha value is -3.45. The molecule has 1 unspecified atom stereocenters. The van der Waals surface area contributed by atoms with Gasteiger partial charge in [0.15, 0.2) is 0 Å². The minimum atomic E-state index is -0.712. The second-order valence-electron chi connectivity index (χ2n) is 7.76. The van der Waals surface area contributed by atoms with E-state index in [0.29, 0.717) is 24.3 Å². The van der Waals surface area contributed by atoms with Gasteiger partial charge in [0.1, 0.15) is 17.3 Å². The molecule has 1 amide bonds. The third kappa shape index (κ3) is 4.83. The van der Waals surface area contributed by atoms with Gasteiger partial charge in [-0.3, -0.25) is 9.59 Å². The minimum absolute atomic E-state index is 0.0729. The first-order chi connectivity index (χ1) is 16.0. The Kier molecular flexibility index (Phi) is 6.89. The maximum atomic E-state index is 13.2. The monoisotopic (exact) mass is 465 g/mol. The summed E-state index contributed by atoms with van der Waals surface area (Å²) in [6, 6.07) is 15.9. The number of rotatable bonds is 8. The van der Waals surface area contributed by atoms with Crippen LogP contribution in [-0.2, 0) is 16.0 Å². The summed E-state index contributed by atoms with van der Waals surface area (Å²) in [4.78, 5) is 28.3. The van der Waals surface area contributed by atoms with Crippen molar-refractivity contribution in [2.45, 2.75) is 25.8 Å². The Balaban J connectivity index is 1.66. The number of carbonyl (C=O) groups is 2. The fourth-order valence-corrected chi connectivity index (χ4v) is 4.68. The van der Waals surface area contributed by atoms with Crippen LogP contribution < -0.4 is 4.74 Å². The van der Waals surface area contributed by atoms with E-state index >= 15 is 0 Å². The molecule has 0 spiro atoms. The molecule has 0 bridgehead atoms. The lowest BCUT2D eigenvalue weighted by Crippen LogP contribution is -2.31. The second kappa shape index (κ2) is 10.0. The predicted molar refractivity (Wildman–Crippen MR) is 126 cm³/mol. The molecule has 1 aromatic heterocycles. The molecule has 7 heteroatoms. The van der Waals surface area contributed by atoms with Crippen LogP contribution in [0.5, 0.6) is 5.75 Å². The molecule has 1 saturated heterocycles. The third-order valence-corrected chi connectivity index (χ3v) is 6.43. The number of aliphatic hydroxyl groups excluding tert-OH is 1. The van der Waals surface area contributed by atoms with Gasteiger partial charge < -0.3 is 14.7 Å². The maximum Gasteiger partial charge on any atom is 0.295 e. The van der Waals surface area contributed by atoms with Gasteiger partial charge >= 0.3 is 0 Å². The number of carbonyl (C=O) groups excluding carboxylic acids is 2. The smallest absolute Gasteiger partial charge is 0.295 e. The topological polar surface area (TPSA) is 66.8 Å². The van der Waals surface area contributed by atoms with Crippen LogP contribution in [0.1, 0.15) is 35.4 Å². The van der Waals surface area contributed by atoms with Crippen molar-refractivity contribution in [3.63, 3.8) is 0 Å². The molecule has 0 aliphatic carbocycles. The molecule has 0 radical (unpaired) electrons. The van der Waals surface area contributed by atoms with Crippen molar-refractivity contribution in [1.29, 1.82) is 0 Å². The molecule has 1 fully saturated rings. The molecule has 1 N–H and O–H groups in total. The molecule has 3 aromatic rings. The molecule has 0 saturated carbocycles. The van der Waals surface area contributed by atoms with Crippen LogP contribution in [0.25, 0.3) is 5.76 Å². The van der Waals surface area contributed by atoms with Gasteiger partial charge in [-0.2, -0.15) is 0 Å². The molecule has 1 aliphatic heterocycles. The van der Waals surface area contributed by atoms with E-state index < -0.39 is 17.7 Å². The highest BCUT2D eigenvalue weighted by atomic mass is 32.1. The number of halogens is 1. The van der Waals surface area contributed by atoms with Crippen molar-refractivity contribution in [3.05, 3.63) is 93.4 Å². The van der Waals surface area contributed by atoms with Crippen LogP contribution in [0.4, 0.5) is 4.39 Å². The second-order valence-corrected chi connectivity index (χ2v) is 8.74. The molecule has 5 nitrogen and oxygen atoms in total. The first-order valence-electron chi connectivity index (χ1n) is 10.8. The highest BCUT2D eigenvalue weighted by Gasteiger charge is 2.46. The lowest BCUT2D eigenvalue weighted by molar-refractivity contribution is -0.139. The number of likely N-dealkylation sites (tertiary alicyclic amines) is 1. The van der Waals surface area contributed by atoms with Crippen LogP contribution in [0.3, 0.4) is 0 Å². The quantitative estimate of drug-likeness (QED) is 0.277. The molecule has 2 aromatic carbocycles. The van der Waals surface area contributed by atoms with Gasteiger partial charge in [0.05, 0.1) is 18.2 Å². The number of ketones is 1. The van der Waals surface area contributed by atoms with Gasteiger partial charge in [-0.15, -0.1) is 11.3 Å². The predicted octanol–water partition coefficient (Wildman–Crippen LogP) is 5.34. The number of benzene rings is 2. The number of ether oxygens (including phenoxy) is 1. The average molecular weight is 466 g/mol. The minimum Gasteiger partial charge on any atom is -0.507 e. The third-order valence-electron chi connectivity index (χ3n) is 5.51. The Bertz CT molecular complexity index is 1150.